The maximum atomic E-state index is 14.0. The normalized spacial score (nSPS) is 15.9. The molecule has 3 aromatic heterocycles. The SMILES string of the molecule is CN(C(=O)c1cc2cc(Br)ncc2[nH]1)C1COCc2[nH]c(=O)c3cc(F)c(F)cc3c21. The molecule has 7 nitrogen and oxygen atoms in total. The number of likely N-dealkylation sites (N-methyl/N-ethyl adjacent to an activating group) is 1. The fraction of sp³-hybridized carbons (Fsp3) is 0.190. The highest BCUT2D eigenvalue weighted by Gasteiger charge is 2.32. The molecule has 0 radical (unpaired) electrons. The lowest BCUT2D eigenvalue weighted by atomic mass is 9.95. The molecule has 158 valence electrons. The van der Waals surface area contributed by atoms with Crippen LogP contribution in [0.3, 0.4) is 0 Å². The third kappa shape index (κ3) is 3.22. The van der Waals surface area contributed by atoms with Gasteiger partial charge in [0.15, 0.2) is 11.6 Å². The monoisotopic (exact) mass is 488 g/mol. The average Bonchev–Trinajstić information content (AvgIpc) is 3.17. The zero-order chi connectivity index (χ0) is 21.9. The van der Waals surface area contributed by atoms with Crippen LogP contribution in [0, 0.1) is 11.6 Å². The lowest BCUT2D eigenvalue weighted by molar-refractivity contribution is 0.0333. The van der Waals surface area contributed by atoms with Crippen molar-refractivity contribution >= 4 is 43.5 Å². The number of hydrogen-bond acceptors (Lipinski definition) is 4. The molecule has 0 fully saturated rings. The topological polar surface area (TPSA) is 91.1 Å². The third-order valence-corrected chi connectivity index (χ3v) is 5.96. The molecule has 2 N–H and O–H groups in total. The molecular formula is C21H15BrF2N4O3. The number of pyridine rings is 2. The second kappa shape index (κ2) is 7.24. The molecule has 1 aliphatic heterocycles. The number of aromatic amines is 2. The van der Waals surface area contributed by atoms with Gasteiger partial charge in [-0.2, -0.15) is 0 Å². The molecule has 0 aliphatic carbocycles. The van der Waals surface area contributed by atoms with Crippen LogP contribution in [-0.2, 0) is 11.3 Å². The van der Waals surface area contributed by atoms with Crippen molar-refractivity contribution in [2.24, 2.45) is 0 Å². The third-order valence-electron chi connectivity index (χ3n) is 5.53. The lowest BCUT2D eigenvalue weighted by Crippen LogP contribution is -2.37. The van der Waals surface area contributed by atoms with Gasteiger partial charge in [-0.05, 0) is 45.6 Å². The van der Waals surface area contributed by atoms with Crippen LogP contribution in [-0.4, -0.2) is 39.4 Å². The number of halogens is 3. The molecule has 0 spiro atoms. The molecule has 0 saturated heterocycles. The summed E-state index contributed by atoms with van der Waals surface area (Å²) >= 11 is 3.30. The van der Waals surface area contributed by atoms with E-state index in [4.69, 9.17) is 4.74 Å². The van der Waals surface area contributed by atoms with Crippen LogP contribution in [0.4, 0.5) is 8.78 Å². The Morgan fingerprint density at radius 3 is 2.71 bits per heavy atom. The summed E-state index contributed by atoms with van der Waals surface area (Å²) in [5.41, 5.74) is 1.47. The molecule has 4 heterocycles. The first-order valence-electron chi connectivity index (χ1n) is 9.36. The molecular weight excluding hydrogens is 474 g/mol. The second-order valence-corrected chi connectivity index (χ2v) is 8.20. The average molecular weight is 489 g/mol. The van der Waals surface area contributed by atoms with E-state index in [9.17, 15) is 18.4 Å². The van der Waals surface area contributed by atoms with Crippen molar-refractivity contribution in [3.63, 3.8) is 0 Å². The fourth-order valence-corrected chi connectivity index (χ4v) is 4.35. The highest BCUT2D eigenvalue weighted by atomic mass is 79.9. The number of hydrogen-bond donors (Lipinski definition) is 2. The highest BCUT2D eigenvalue weighted by Crippen LogP contribution is 2.34. The summed E-state index contributed by atoms with van der Waals surface area (Å²) in [4.78, 5) is 36.9. The van der Waals surface area contributed by atoms with Crippen LogP contribution in [0.15, 0.2) is 39.9 Å². The molecule has 1 aliphatic rings. The molecule has 5 rings (SSSR count). The van der Waals surface area contributed by atoms with Gasteiger partial charge in [-0.25, -0.2) is 13.8 Å². The lowest BCUT2D eigenvalue weighted by Gasteiger charge is -2.33. The predicted octanol–water partition coefficient (Wildman–Crippen LogP) is 3.79. The van der Waals surface area contributed by atoms with E-state index in [1.807, 2.05) is 0 Å². The summed E-state index contributed by atoms with van der Waals surface area (Å²) in [6, 6.07) is 4.77. The molecule has 1 atom stereocenters. The maximum Gasteiger partial charge on any atom is 0.270 e. The van der Waals surface area contributed by atoms with Crippen LogP contribution in [0.5, 0.6) is 0 Å². The number of nitrogens with zero attached hydrogens (tertiary/aromatic N) is 2. The van der Waals surface area contributed by atoms with Gasteiger partial charge >= 0.3 is 0 Å². The summed E-state index contributed by atoms with van der Waals surface area (Å²) < 4.78 is 34.0. The Hall–Kier alpha value is -3.11. The molecule has 31 heavy (non-hydrogen) atoms. The quantitative estimate of drug-likeness (QED) is 0.420. The van der Waals surface area contributed by atoms with Crippen LogP contribution < -0.4 is 5.56 Å². The van der Waals surface area contributed by atoms with Gasteiger partial charge in [-0.15, -0.1) is 0 Å². The number of H-pyrrole nitrogens is 2. The Morgan fingerprint density at radius 1 is 1.19 bits per heavy atom. The minimum absolute atomic E-state index is 0.0203. The molecule has 4 aromatic rings. The van der Waals surface area contributed by atoms with Gasteiger partial charge in [-0.3, -0.25) is 9.59 Å². The first-order valence-corrected chi connectivity index (χ1v) is 10.2. The molecule has 0 bridgehead atoms. The minimum atomic E-state index is -1.11. The Bertz CT molecular complexity index is 1430. The van der Waals surface area contributed by atoms with Crippen LogP contribution in [0.25, 0.3) is 21.7 Å². The molecule has 10 heteroatoms. The van der Waals surface area contributed by atoms with E-state index in [-0.39, 0.29) is 29.9 Å². The second-order valence-electron chi connectivity index (χ2n) is 7.38. The Morgan fingerprint density at radius 2 is 1.94 bits per heavy atom. The van der Waals surface area contributed by atoms with E-state index in [0.29, 0.717) is 27.1 Å². The van der Waals surface area contributed by atoms with Crippen molar-refractivity contribution in [2.45, 2.75) is 12.6 Å². The van der Waals surface area contributed by atoms with Gasteiger partial charge in [0.05, 0.1) is 36.4 Å². The van der Waals surface area contributed by atoms with Crippen molar-refractivity contribution in [1.82, 2.24) is 19.9 Å². The van der Waals surface area contributed by atoms with Gasteiger partial charge in [0, 0.05) is 23.7 Å². The van der Waals surface area contributed by atoms with E-state index in [0.717, 1.165) is 17.5 Å². The van der Waals surface area contributed by atoms with E-state index < -0.39 is 23.2 Å². The highest BCUT2D eigenvalue weighted by molar-refractivity contribution is 9.10. The number of carbonyl (C=O) groups excluding carboxylic acids is 1. The minimum Gasteiger partial charge on any atom is -0.373 e. The van der Waals surface area contributed by atoms with Crippen LogP contribution in [0.2, 0.25) is 0 Å². The number of ether oxygens (including phenoxy) is 1. The fourth-order valence-electron chi connectivity index (χ4n) is 4.00. The summed E-state index contributed by atoms with van der Waals surface area (Å²) in [5, 5.41) is 1.09. The van der Waals surface area contributed by atoms with E-state index in [1.165, 1.54) is 4.90 Å². The maximum absolute atomic E-state index is 14.0. The van der Waals surface area contributed by atoms with E-state index >= 15 is 0 Å². The standard InChI is InChI=1S/C21H15BrF2N4O3/c1-28(21(30)14-2-9-3-18(22)25-6-15(9)26-14)17-8-31-7-16-19(17)10-4-12(23)13(24)5-11(10)20(29)27-16/h2-6,17,26H,7-8H2,1H3,(H,27,29). The Balaban J connectivity index is 1.61. The number of amides is 1. The van der Waals surface area contributed by atoms with Gasteiger partial charge < -0.3 is 19.6 Å². The van der Waals surface area contributed by atoms with Crippen molar-refractivity contribution in [2.75, 3.05) is 13.7 Å². The van der Waals surface area contributed by atoms with Gasteiger partial charge in [0.2, 0.25) is 0 Å². The number of benzene rings is 1. The van der Waals surface area contributed by atoms with Crippen molar-refractivity contribution in [1.29, 1.82) is 0 Å². The molecule has 0 saturated carbocycles. The zero-order valence-electron chi connectivity index (χ0n) is 16.1. The Labute approximate surface area is 182 Å². The van der Waals surface area contributed by atoms with Crippen LogP contribution in [0.1, 0.15) is 27.8 Å². The van der Waals surface area contributed by atoms with Gasteiger partial charge in [0.25, 0.3) is 11.5 Å². The van der Waals surface area contributed by atoms with Crippen molar-refractivity contribution in [3.8, 4) is 0 Å². The zero-order valence-corrected chi connectivity index (χ0v) is 17.7. The summed E-state index contributed by atoms with van der Waals surface area (Å²) in [5.74, 6) is -2.49. The number of carbonyl (C=O) groups is 1. The van der Waals surface area contributed by atoms with E-state index in [1.54, 1.807) is 25.4 Å². The largest absolute Gasteiger partial charge is 0.373 e. The molecule has 1 amide bonds. The number of fused-ring (bicyclic) bond motifs is 4. The number of rotatable bonds is 2. The smallest absolute Gasteiger partial charge is 0.270 e. The molecule has 1 unspecified atom stereocenters. The van der Waals surface area contributed by atoms with E-state index in [2.05, 4.69) is 30.9 Å². The number of aromatic nitrogens is 3. The summed E-state index contributed by atoms with van der Waals surface area (Å²) in [6.45, 7) is 0.243. The van der Waals surface area contributed by atoms with Crippen molar-refractivity contribution in [3.05, 3.63) is 74.0 Å². The Kier molecular flexibility index (Phi) is 4.63. The van der Waals surface area contributed by atoms with Crippen molar-refractivity contribution < 1.29 is 18.3 Å². The van der Waals surface area contributed by atoms with Gasteiger partial charge in [-0.1, -0.05) is 0 Å². The first kappa shape index (κ1) is 19.8. The first-order chi connectivity index (χ1) is 14.8. The number of nitrogens with one attached hydrogen (secondary N) is 2. The van der Waals surface area contributed by atoms with Crippen LogP contribution >= 0.6 is 15.9 Å². The summed E-state index contributed by atoms with van der Waals surface area (Å²) in [6.07, 6.45) is 1.62. The van der Waals surface area contributed by atoms with Gasteiger partial charge in [0.1, 0.15) is 10.3 Å². The predicted molar refractivity (Wildman–Crippen MR) is 113 cm³/mol. The summed E-state index contributed by atoms with van der Waals surface area (Å²) in [7, 11) is 1.60. The molecule has 1 aromatic carbocycles.